The van der Waals surface area contributed by atoms with Crippen LogP contribution in [0.15, 0.2) is 24.3 Å². The number of carboxylic acid groups (broad SMARTS) is 2. The zero-order valence-corrected chi connectivity index (χ0v) is 24.7. The molecule has 3 aliphatic rings. The second-order valence-corrected chi connectivity index (χ2v) is 11.1. The third-order valence-electron chi connectivity index (χ3n) is 7.61. The monoisotopic (exact) mass is 641 g/mol. The standard InChI is InChI=1S/C25H39N3O2.2C2HF3O2/c1-21-12-17-26(18-13-21)16-5-19-30-24-9-6-22(7-10-24)28-23(8-11-25(28)29)20-27-14-3-2-4-15-27;2*3-2(4,5)1(6)7/h6-7,9-10,21,23H,2-5,8,11-20H2,1H3;2*(H,6,7). The molecule has 9 nitrogen and oxygen atoms in total. The number of aliphatic carboxylic acids is 2. The zero-order chi connectivity index (χ0) is 32.9. The second kappa shape index (κ2) is 17.4. The molecule has 44 heavy (non-hydrogen) atoms. The molecule has 250 valence electrons. The smallest absolute Gasteiger partial charge is 0.490 e. The van der Waals surface area contributed by atoms with Gasteiger partial charge in [-0.1, -0.05) is 13.3 Å². The summed E-state index contributed by atoms with van der Waals surface area (Å²) in [5.41, 5.74) is 1.02. The van der Waals surface area contributed by atoms with Crippen molar-refractivity contribution in [3.05, 3.63) is 24.3 Å². The third-order valence-corrected chi connectivity index (χ3v) is 7.61. The maximum atomic E-state index is 12.6. The van der Waals surface area contributed by atoms with Gasteiger partial charge in [0.25, 0.3) is 0 Å². The lowest BCUT2D eigenvalue weighted by Crippen LogP contribution is -2.43. The molecule has 0 radical (unpaired) electrons. The summed E-state index contributed by atoms with van der Waals surface area (Å²) in [6.07, 6.45) is -0.851. The Kier molecular flexibility index (Phi) is 14.7. The van der Waals surface area contributed by atoms with Crippen molar-refractivity contribution in [3.8, 4) is 5.75 Å². The van der Waals surface area contributed by atoms with Crippen LogP contribution in [0.25, 0.3) is 0 Å². The number of carboxylic acids is 2. The Hall–Kier alpha value is -3.07. The third kappa shape index (κ3) is 13.3. The summed E-state index contributed by atoms with van der Waals surface area (Å²) in [6, 6.07) is 8.50. The molecule has 1 aromatic carbocycles. The normalized spacial score (nSPS) is 20.3. The second-order valence-electron chi connectivity index (χ2n) is 11.1. The average molecular weight is 642 g/mol. The van der Waals surface area contributed by atoms with E-state index in [4.69, 9.17) is 24.5 Å². The Balaban J connectivity index is 0.000000402. The number of carbonyl (C=O) groups is 3. The number of carbonyl (C=O) groups excluding carboxylic acids is 1. The van der Waals surface area contributed by atoms with E-state index >= 15 is 0 Å². The molecule has 3 saturated heterocycles. The van der Waals surface area contributed by atoms with Crippen LogP contribution < -0.4 is 9.64 Å². The molecule has 2 N–H and O–H groups in total. The van der Waals surface area contributed by atoms with Crippen molar-refractivity contribution in [2.24, 2.45) is 5.92 Å². The summed E-state index contributed by atoms with van der Waals surface area (Å²) in [7, 11) is 0. The van der Waals surface area contributed by atoms with Crippen molar-refractivity contribution < 1.29 is 55.7 Å². The van der Waals surface area contributed by atoms with Crippen LogP contribution in [0.2, 0.25) is 0 Å². The molecule has 1 aromatic rings. The van der Waals surface area contributed by atoms with Gasteiger partial charge in [0.1, 0.15) is 5.75 Å². The van der Waals surface area contributed by atoms with Crippen LogP contribution in [0.3, 0.4) is 0 Å². The van der Waals surface area contributed by atoms with Crippen LogP contribution in [0.1, 0.15) is 58.3 Å². The molecule has 3 fully saturated rings. The molecule has 15 heteroatoms. The number of ether oxygens (including phenoxy) is 1. The fourth-order valence-corrected chi connectivity index (χ4v) is 5.18. The van der Waals surface area contributed by atoms with E-state index in [1.54, 1.807) is 0 Å². The fourth-order valence-electron chi connectivity index (χ4n) is 5.18. The van der Waals surface area contributed by atoms with Gasteiger partial charge in [-0.05, 0) is 94.9 Å². The molecule has 4 rings (SSSR count). The first-order valence-electron chi connectivity index (χ1n) is 14.7. The highest BCUT2D eigenvalue weighted by Crippen LogP contribution is 2.29. The number of hydrogen-bond donors (Lipinski definition) is 2. The predicted molar refractivity (Wildman–Crippen MR) is 150 cm³/mol. The van der Waals surface area contributed by atoms with Gasteiger partial charge in [0, 0.05) is 25.2 Å². The Morgan fingerprint density at radius 1 is 0.841 bits per heavy atom. The maximum absolute atomic E-state index is 12.6. The summed E-state index contributed by atoms with van der Waals surface area (Å²) in [5, 5.41) is 14.2. The largest absolute Gasteiger partial charge is 0.494 e. The summed E-state index contributed by atoms with van der Waals surface area (Å²) in [4.78, 5) is 37.5. The van der Waals surface area contributed by atoms with E-state index < -0.39 is 24.3 Å². The van der Waals surface area contributed by atoms with Crippen LogP contribution in [0.5, 0.6) is 5.75 Å². The van der Waals surface area contributed by atoms with Crippen LogP contribution in [-0.4, -0.2) is 102 Å². The summed E-state index contributed by atoms with van der Waals surface area (Å²) in [5.74, 6) is -3.45. The number of piperidine rings is 2. The first kappa shape index (κ1) is 37.1. The van der Waals surface area contributed by atoms with E-state index in [1.165, 1.54) is 58.3 Å². The molecule has 1 amide bonds. The van der Waals surface area contributed by atoms with E-state index in [-0.39, 0.29) is 5.91 Å². The molecule has 1 atom stereocenters. The Morgan fingerprint density at radius 2 is 1.36 bits per heavy atom. The highest BCUT2D eigenvalue weighted by Gasteiger charge is 2.39. The Bertz CT molecular complexity index is 1020. The first-order chi connectivity index (χ1) is 20.6. The van der Waals surface area contributed by atoms with E-state index in [1.807, 2.05) is 17.0 Å². The molecule has 3 heterocycles. The molecule has 1 unspecified atom stereocenters. The van der Waals surface area contributed by atoms with Gasteiger partial charge >= 0.3 is 24.3 Å². The number of rotatable bonds is 8. The van der Waals surface area contributed by atoms with Crippen LogP contribution in [-0.2, 0) is 14.4 Å². The quantitative estimate of drug-likeness (QED) is 0.286. The summed E-state index contributed by atoms with van der Waals surface area (Å²) in [6.45, 7) is 10.1. The first-order valence-corrected chi connectivity index (χ1v) is 14.7. The molecule has 0 bridgehead atoms. The number of hydrogen-bond acceptors (Lipinski definition) is 6. The Labute approximate surface area is 252 Å². The highest BCUT2D eigenvalue weighted by atomic mass is 19.4. The number of anilines is 1. The molecule has 0 saturated carbocycles. The van der Waals surface area contributed by atoms with Gasteiger partial charge in [-0.25, -0.2) is 9.59 Å². The predicted octanol–water partition coefficient (Wildman–Crippen LogP) is 5.44. The van der Waals surface area contributed by atoms with E-state index in [2.05, 4.69) is 28.9 Å². The van der Waals surface area contributed by atoms with Crippen LogP contribution in [0, 0.1) is 5.92 Å². The van der Waals surface area contributed by atoms with Crippen LogP contribution >= 0.6 is 0 Å². The van der Waals surface area contributed by atoms with Gasteiger partial charge < -0.3 is 29.6 Å². The molecule has 0 aromatic heterocycles. The minimum Gasteiger partial charge on any atom is -0.494 e. The van der Waals surface area contributed by atoms with Gasteiger partial charge in [-0.2, -0.15) is 26.3 Å². The number of amides is 1. The maximum Gasteiger partial charge on any atom is 0.490 e. The van der Waals surface area contributed by atoms with E-state index in [0.29, 0.717) is 12.5 Å². The number of likely N-dealkylation sites (tertiary alicyclic amines) is 2. The fraction of sp³-hybridized carbons (Fsp3) is 0.690. The summed E-state index contributed by atoms with van der Waals surface area (Å²) >= 11 is 0. The van der Waals surface area contributed by atoms with Gasteiger partial charge in [0.2, 0.25) is 5.91 Å². The molecular weight excluding hydrogens is 600 g/mol. The van der Waals surface area contributed by atoms with Gasteiger partial charge in [0.15, 0.2) is 0 Å². The molecular formula is C29H41F6N3O6. The van der Waals surface area contributed by atoms with Crippen molar-refractivity contribution in [3.63, 3.8) is 0 Å². The summed E-state index contributed by atoms with van der Waals surface area (Å²) < 4.78 is 69.4. The van der Waals surface area contributed by atoms with Gasteiger partial charge in [-0.15, -0.1) is 0 Å². The number of alkyl halides is 6. The SMILES string of the molecule is CC1CCN(CCCOc2ccc(N3C(=O)CCC3CN3CCCCC3)cc2)CC1.O=C(O)C(F)(F)F.O=C(O)C(F)(F)F. The molecule has 0 spiro atoms. The molecule has 3 aliphatic heterocycles. The number of nitrogens with zero attached hydrogens (tertiary/aromatic N) is 3. The topological polar surface area (TPSA) is 111 Å². The minimum atomic E-state index is -5.08. The van der Waals surface area contributed by atoms with Crippen molar-refractivity contribution in [1.82, 2.24) is 9.80 Å². The number of halogens is 6. The average Bonchev–Trinajstić information content (AvgIpc) is 3.32. The lowest BCUT2D eigenvalue weighted by molar-refractivity contribution is -0.193. The minimum absolute atomic E-state index is 0.265. The van der Waals surface area contributed by atoms with Crippen molar-refractivity contribution in [2.75, 3.05) is 50.8 Å². The van der Waals surface area contributed by atoms with Crippen molar-refractivity contribution >= 4 is 23.5 Å². The molecule has 0 aliphatic carbocycles. The highest BCUT2D eigenvalue weighted by molar-refractivity contribution is 5.96. The van der Waals surface area contributed by atoms with E-state index in [0.717, 1.165) is 49.9 Å². The lowest BCUT2D eigenvalue weighted by atomic mass is 9.99. The Morgan fingerprint density at radius 3 is 1.86 bits per heavy atom. The van der Waals surface area contributed by atoms with Crippen molar-refractivity contribution in [2.45, 2.75) is 76.7 Å². The number of benzene rings is 1. The van der Waals surface area contributed by atoms with Crippen molar-refractivity contribution in [1.29, 1.82) is 0 Å². The lowest BCUT2D eigenvalue weighted by Gasteiger charge is -2.33. The van der Waals surface area contributed by atoms with Gasteiger partial charge in [0.05, 0.1) is 12.6 Å². The van der Waals surface area contributed by atoms with E-state index in [9.17, 15) is 31.1 Å². The van der Waals surface area contributed by atoms with Gasteiger partial charge in [-0.3, -0.25) is 4.79 Å². The van der Waals surface area contributed by atoms with Crippen LogP contribution in [0.4, 0.5) is 32.0 Å². The zero-order valence-electron chi connectivity index (χ0n) is 24.7.